The summed E-state index contributed by atoms with van der Waals surface area (Å²) in [7, 11) is 3.06. The highest BCUT2D eigenvalue weighted by Gasteiger charge is 2.13. The second kappa shape index (κ2) is 8.17. The maximum Gasteiger partial charge on any atom is 0.319 e. The van der Waals surface area contributed by atoms with Gasteiger partial charge in [0.25, 0.3) is 0 Å². The molecule has 0 unspecified atom stereocenters. The third-order valence-corrected chi connectivity index (χ3v) is 3.25. The van der Waals surface area contributed by atoms with Crippen LogP contribution in [0.25, 0.3) is 0 Å². The Morgan fingerprint density at radius 3 is 2.68 bits per heavy atom. The molecular formula is C14H20BrNO3. The van der Waals surface area contributed by atoms with Gasteiger partial charge in [-0.2, -0.15) is 0 Å². The van der Waals surface area contributed by atoms with Crippen LogP contribution in [0.3, 0.4) is 0 Å². The van der Waals surface area contributed by atoms with E-state index in [0.717, 1.165) is 28.8 Å². The number of esters is 1. The van der Waals surface area contributed by atoms with Gasteiger partial charge in [-0.15, -0.1) is 0 Å². The van der Waals surface area contributed by atoms with Gasteiger partial charge in [0, 0.05) is 16.6 Å². The summed E-state index contributed by atoms with van der Waals surface area (Å²) in [5, 5.41) is 0. The fraction of sp³-hybridized carbons (Fsp3) is 0.500. The molecule has 0 atom stereocenters. The zero-order valence-corrected chi connectivity index (χ0v) is 13.2. The number of halogens is 1. The zero-order chi connectivity index (χ0) is 14.3. The molecule has 0 amide bonds. The van der Waals surface area contributed by atoms with Gasteiger partial charge in [-0.05, 0) is 31.2 Å². The number of rotatable bonds is 7. The molecule has 5 heteroatoms. The topological polar surface area (TPSA) is 38.8 Å². The van der Waals surface area contributed by atoms with Gasteiger partial charge in [0.1, 0.15) is 5.75 Å². The normalized spacial score (nSPS) is 10.6. The Bertz CT molecular complexity index is 423. The van der Waals surface area contributed by atoms with Crippen molar-refractivity contribution in [1.29, 1.82) is 0 Å². The summed E-state index contributed by atoms with van der Waals surface area (Å²) >= 11 is 3.45. The smallest absolute Gasteiger partial charge is 0.319 e. The summed E-state index contributed by atoms with van der Waals surface area (Å²) in [5.74, 6) is 0.608. The minimum absolute atomic E-state index is 0.220. The highest BCUT2D eigenvalue weighted by Crippen LogP contribution is 2.24. The monoisotopic (exact) mass is 329 g/mol. The lowest BCUT2D eigenvalue weighted by Gasteiger charge is -2.21. The number of ether oxygens (including phenoxy) is 2. The fourth-order valence-corrected chi connectivity index (χ4v) is 2.30. The Morgan fingerprint density at radius 2 is 2.11 bits per heavy atom. The molecule has 0 saturated heterocycles. The molecule has 0 N–H and O–H groups in total. The van der Waals surface area contributed by atoms with Gasteiger partial charge in [0.15, 0.2) is 0 Å². The lowest BCUT2D eigenvalue weighted by molar-refractivity contribution is -0.142. The van der Waals surface area contributed by atoms with Crippen LogP contribution in [0.2, 0.25) is 0 Å². The van der Waals surface area contributed by atoms with Crippen molar-refractivity contribution < 1.29 is 14.3 Å². The first-order chi connectivity index (χ1) is 9.10. The second-order valence-corrected chi connectivity index (χ2v) is 5.16. The van der Waals surface area contributed by atoms with Gasteiger partial charge >= 0.3 is 5.97 Å². The number of hydrogen-bond acceptors (Lipinski definition) is 4. The summed E-state index contributed by atoms with van der Waals surface area (Å²) in [4.78, 5) is 13.5. The average molecular weight is 330 g/mol. The number of carbonyl (C=O) groups excluding carboxylic acids is 1. The molecule has 1 aromatic rings. The van der Waals surface area contributed by atoms with Crippen LogP contribution in [0.5, 0.6) is 5.75 Å². The SMILES string of the molecule is CCCN(CC(=O)OC)Cc1cc(Br)ccc1OC. The first-order valence-corrected chi connectivity index (χ1v) is 7.01. The number of methoxy groups -OCH3 is 2. The first-order valence-electron chi connectivity index (χ1n) is 6.22. The summed E-state index contributed by atoms with van der Waals surface area (Å²) < 4.78 is 11.1. The molecule has 19 heavy (non-hydrogen) atoms. The standard InChI is InChI=1S/C14H20BrNO3/c1-4-7-16(10-14(17)19-3)9-11-8-12(15)5-6-13(11)18-2/h5-6,8H,4,7,9-10H2,1-3H3. The van der Waals surface area contributed by atoms with Crippen molar-refractivity contribution in [3.63, 3.8) is 0 Å². The molecule has 0 aliphatic carbocycles. The minimum Gasteiger partial charge on any atom is -0.496 e. The summed E-state index contributed by atoms with van der Waals surface area (Å²) in [6.45, 7) is 3.87. The van der Waals surface area contributed by atoms with Crippen molar-refractivity contribution in [2.45, 2.75) is 19.9 Å². The molecule has 1 rings (SSSR count). The van der Waals surface area contributed by atoms with E-state index in [1.165, 1.54) is 7.11 Å². The van der Waals surface area contributed by atoms with E-state index in [2.05, 4.69) is 27.8 Å². The van der Waals surface area contributed by atoms with Crippen LogP contribution in [0.1, 0.15) is 18.9 Å². The summed E-state index contributed by atoms with van der Waals surface area (Å²) in [6.07, 6.45) is 0.979. The third-order valence-electron chi connectivity index (χ3n) is 2.76. The third kappa shape index (κ3) is 5.20. The zero-order valence-electron chi connectivity index (χ0n) is 11.6. The molecular weight excluding hydrogens is 310 g/mol. The maximum absolute atomic E-state index is 11.4. The number of benzene rings is 1. The molecule has 0 fully saturated rings. The van der Waals surface area contributed by atoms with Crippen molar-refractivity contribution >= 4 is 21.9 Å². The van der Waals surface area contributed by atoms with Gasteiger partial charge in [-0.1, -0.05) is 22.9 Å². The van der Waals surface area contributed by atoms with Crippen LogP contribution in [0.4, 0.5) is 0 Å². The number of carbonyl (C=O) groups is 1. The van der Waals surface area contributed by atoms with Crippen LogP contribution in [0, 0.1) is 0 Å². The average Bonchev–Trinajstić information content (AvgIpc) is 2.39. The fourth-order valence-electron chi connectivity index (χ4n) is 1.89. The number of hydrogen-bond donors (Lipinski definition) is 0. The Hall–Kier alpha value is -1.07. The Kier molecular flexibility index (Phi) is 6.87. The van der Waals surface area contributed by atoms with Crippen LogP contribution in [-0.4, -0.2) is 38.2 Å². The van der Waals surface area contributed by atoms with Gasteiger partial charge < -0.3 is 9.47 Å². The van der Waals surface area contributed by atoms with Crippen molar-refractivity contribution in [3.05, 3.63) is 28.2 Å². The van der Waals surface area contributed by atoms with Crippen molar-refractivity contribution in [3.8, 4) is 5.75 Å². The van der Waals surface area contributed by atoms with E-state index in [1.54, 1.807) is 7.11 Å². The van der Waals surface area contributed by atoms with Gasteiger partial charge in [-0.25, -0.2) is 0 Å². The van der Waals surface area contributed by atoms with Crippen LogP contribution >= 0.6 is 15.9 Å². The quantitative estimate of drug-likeness (QED) is 0.721. The molecule has 0 bridgehead atoms. The predicted molar refractivity (Wildman–Crippen MR) is 78.3 cm³/mol. The Labute approximate surface area is 122 Å². The molecule has 0 radical (unpaired) electrons. The van der Waals surface area contributed by atoms with E-state index in [-0.39, 0.29) is 5.97 Å². The molecule has 1 aromatic carbocycles. The first kappa shape index (κ1) is 16.0. The molecule has 0 aliphatic heterocycles. The lowest BCUT2D eigenvalue weighted by Crippen LogP contribution is -2.31. The van der Waals surface area contributed by atoms with E-state index in [0.29, 0.717) is 13.1 Å². The highest BCUT2D eigenvalue weighted by atomic mass is 79.9. The van der Waals surface area contributed by atoms with E-state index in [9.17, 15) is 4.79 Å². The summed E-state index contributed by atoms with van der Waals surface area (Å²) in [5.41, 5.74) is 1.05. The molecule has 4 nitrogen and oxygen atoms in total. The highest BCUT2D eigenvalue weighted by molar-refractivity contribution is 9.10. The molecule has 0 heterocycles. The minimum atomic E-state index is -0.220. The van der Waals surface area contributed by atoms with Gasteiger partial charge in [0.05, 0.1) is 20.8 Å². The largest absolute Gasteiger partial charge is 0.496 e. The predicted octanol–water partition coefficient (Wildman–Crippen LogP) is 2.84. The molecule has 0 saturated carbocycles. The number of nitrogens with zero attached hydrogens (tertiary/aromatic N) is 1. The second-order valence-electron chi connectivity index (χ2n) is 4.24. The van der Waals surface area contributed by atoms with E-state index in [1.807, 2.05) is 18.2 Å². The Morgan fingerprint density at radius 1 is 1.37 bits per heavy atom. The van der Waals surface area contributed by atoms with Crippen LogP contribution in [-0.2, 0) is 16.1 Å². The van der Waals surface area contributed by atoms with Crippen LogP contribution in [0.15, 0.2) is 22.7 Å². The molecule has 0 aliphatic rings. The van der Waals surface area contributed by atoms with Crippen molar-refractivity contribution in [2.24, 2.45) is 0 Å². The van der Waals surface area contributed by atoms with Crippen molar-refractivity contribution in [2.75, 3.05) is 27.3 Å². The van der Waals surface area contributed by atoms with Crippen molar-refractivity contribution in [1.82, 2.24) is 4.90 Å². The Balaban J connectivity index is 2.82. The van der Waals surface area contributed by atoms with Crippen LogP contribution < -0.4 is 4.74 Å². The van der Waals surface area contributed by atoms with Gasteiger partial charge in [-0.3, -0.25) is 9.69 Å². The lowest BCUT2D eigenvalue weighted by atomic mass is 10.2. The van der Waals surface area contributed by atoms with E-state index in [4.69, 9.17) is 9.47 Å². The molecule has 106 valence electrons. The molecule has 0 spiro atoms. The van der Waals surface area contributed by atoms with Gasteiger partial charge in [0.2, 0.25) is 0 Å². The van der Waals surface area contributed by atoms with E-state index < -0.39 is 0 Å². The van der Waals surface area contributed by atoms with E-state index >= 15 is 0 Å². The maximum atomic E-state index is 11.4. The summed E-state index contributed by atoms with van der Waals surface area (Å²) in [6, 6.07) is 5.87. The molecule has 0 aromatic heterocycles.